The molecule has 0 fully saturated rings. The number of rotatable bonds is 6. The van der Waals surface area contributed by atoms with Gasteiger partial charge in [0.05, 0.1) is 12.1 Å². The Balaban J connectivity index is 3.88. The maximum absolute atomic E-state index is 11.4. The number of nitrogens with one attached hydrogen (secondary N) is 2. The topological polar surface area (TPSA) is 74.2 Å². The number of carbonyl (C=O) groups is 1. The lowest BCUT2D eigenvalue weighted by atomic mass is 10.1. The van der Waals surface area contributed by atoms with Crippen molar-refractivity contribution in [2.45, 2.75) is 65.1 Å². The van der Waals surface area contributed by atoms with Crippen LogP contribution in [0.5, 0.6) is 0 Å². The van der Waals surface area contributed by atoms with Gasteiger partial charge in [-0.25, -0.2) is 4.79 Å². The van der Waals surface area contributed by atoms with Gasteiger partial charge in [-0.1, -0.05) is 6.92 Å². The Kier molecular flexibility index (Phi) is 7.37. The number of hydrogen-bond acceptors (Lipinski definition) is 4. The molecule has 0 bridgehead atoms. The third-order valence-electron chi connectivity index (χ3n) is 2.36. The van der Waals surface area contributed by atoms with Crippen molar-refractivity contribution in [3.8, 4) is 6.07 Å². The van der Waals surface area contributed by atoms with Crippen molar-refractivity contribution < 1.29 is 9.53 Å². The molecule has 2 unspecified atom stereocenters. The Bertz CT molecular complexity index is 292. The lowest BCUT2D eigenvalue weighted by Crippen LogP contribution is -2.39. The molecule has 0 heterocycles. The summed E-state index contributed by atoms with van der Waals surface area (Å²) in [6.45, 7) is 9.96. The highest BCUT2D eigenvalue weighted by Gasteiger charge is 2.16. The molecular weight excluding hydrogens is 230 g/mol. The quantitative estimate of drug-likeness (QED) is 0.763. The predicted octanol–water partition coefficient (Wildman–Crippen LogP) is 2.18. The summed E-state index contributed by atoms with van der Waals surface area (Å²) in [5, 5.41) is 14.8. The second-order valence-corrected chi connectivity index (χ2v) is 5.37. The van der Waals surface area contributed by atoms with Crippen molar-refractivity contribution in [3.63, 3.8) is 0 Å². The van der Waals surface area contributed by atoms with Crippen molar-refractivity contribution >= 4 is 6.09 Å². The molecule has 104 valence electrons. The van der Waals surface area contributed by atoms with E-state index in [0.717, 1.165) is 6.42 Å². The third-order valence-corrected chi connectivity index (χ3v) is 2.36. The molecule has 18 heavy (non-hydrogen) atoms. The zero-order chi connectivity index (χ0) is 14.2. The van der Waals surface area contributed by atoms with Gasteiger partial charge in [0.25, 0.3) is 0 Å². The average Bonchev–Trinajstić information content (AvgIpc) is 2.24. The largest absolute Gasteiger partial charge is 0.444 e. The van der Waals surface area contributed by atoms with Gasteiger partial charge in [0.15, 0.2) is 0 Å². The van der Waals surface area contributed by atoms with Gasteiger partial charge in [-0.15, -0.1) is 0 Å². The fourth-order valence-electron chi connectivity index (χ4n) is 1.28. The van der Waals surface area contributed by atoms with Crippen LogP contribution < -0.4 is 10.6 Å². The minimum absolute atomic E-state index is 0.241. The van der Waals surface area contributed by atoms with Gasteiger partial charge in [0.1, 0.15) is 5.60 Å². The van der Waals surface area contributed by atoms with E-state index in [1.54, 1.807) is 0 Å². The minimum Gasteiger partial charge on any atom is -0.444 e. The number of alkyl carbamates (subject to hydrolysis) is 1. The van der Waals surface area contributed by atoms with Crippen molar-refractivity contribution in [3.05, 3.63) is 0 Å². The highest BCUT2D eigenvalue weighted by molar-refractivity contribution is 5.67. The zero-order valence-corrected chi connectivity index (χ0v) is 12.0. The second kappa shape index (κ2) is 7.93. The normalized spacial score (nSPS) is 14.4. The van der Waals surface area contributed by atoms with Gasteiger partial charge in [0.2, 0.25) is 0 Å². The Hall–Kier alpha value is -1.28. The molecule has 0 aliphatic rings. The van der Waals surface area contributed by atoms with Crippen LogP contribution in [0.4, 0.5) is 4.79 Å². The van der Waals surface area contributed by atoms with Crippen LogP contribution in [0.25, 0.3) is 0 Å². The highest BCUT2D eigenvalue weighted by atomic mass is 16.6. The molecule has 2 N–H and O–H groups in total. The Labute approximate surface area is 110 Å². The molecule has 5 nitrogen and oxygen atoms in total. The van der Waals surface area contributed by atoms with Gasteiger partial charge in [-0.2, -0.15) is 5.26 Å². The summed E-state index contributed by atoms with van der Waals surface area (Å²) in [6, 6.07) is 2.25. The van der Waals surface area contributed by atoms with Gasteiger partial charge in [-0.05, 0) is 40.5 Å². The molecule has 0 aromatic heterocycles. The zero-order valence-electron chi connectivity index (χ0n) is 12.0. The maximum Gasteiger partial charge on any atom is 0.407 e. The summed E-state index contributed by atoms with van der Waals surface area (Å²) in [7, 11) is 0. The van der Waals surface area contributed by atoms with E-state index in [9.17, 15) is 4.79 Å². The lowest BCUT2D eigenvalue weighted by Gasteiger charge is -2.20. The predicted molar refractivity (Wildman–Crippen MR) is 71.1 cm³/mol. The van der Waals surface area contributed by atoms with Gasteiger partial charge < -0.3 is 10.1 Å². The number of hydrogen-bond donors (Lipinski definition) is 2. The molecule has 0 saturated heterocycles. The first kappa shape index (κ1) is 16.7. The number of ether oxygens (including phenoxy) is 1. The van der Waals surface area contributed by atoms with Crippen molar-refractivity contribution in [1.82, 2.24) is 10.6 Å². The molecule has 0 aliphatic carbocycles. The summed E-state index contributed by atoms with van der Waals surface area (Å²) < 4.78 is 5.10. The molecule has 0 rings (SSSR count). The van der Waals surface area contributed by atoms with E-state index in [1.807, 2.05) is 27.7 Å². The van der Waals surface area contributed by atoms with E-state index >= 15 is 0 Å². The van der Waals surface area contributed by atoms with Crippen LogP contribution in [0.1, 0.15) is 47.5 Å². The molecule has 0 aromatic rings. The fraction of sp³-hybridized carbons (Fsp3) is 0.846. The fourth-order valence-corrected chi connectivity index (χ4v) is 1.28. The number of nitrogens with zero attached hydrogens (tertiary/aromatic N) is 1. The van der Waals surface area contributed by atoms with Crippen LogP contribution in [0, 0.1) is 11.3 Å². The summed E-state index contributed by atoms with van der Waals surface area (Å²) in [4.78, 5) is 11.4. The summed E-state index contributed by atoms with van der Waals surface area (Å²) in [5.74, 6) is 0. The van der Waals surface area contributed by atoms with Crippen LogP contribution in [-0.2, 0) is 4.74 Å². The van der Waals surface area contributed by atoms with E-state index in [-0.39, 0.29) is 6.04 Å². The molecule has 0 aliphatic heterocycles. The van der Waals surface area contributed by atoms with E-state index < -0.39 is 11.7 Å². The van der Waals surface area contributed by atoms with Crippen LogP contribution in [-0.4, -0.2) is 30.3 Å². The Morgan fingerprint density at radius 2 is 2.06 bits per heavy atom. The van der Waals surface area contributed by atoms with Crippen LogP contribution in [0.15, 0.2) is 0 Å². The van der Waals surface area contributed by atoms with E-state index in [2.05, 4.69) is 23.6 Å². The number of carbonyl (C=O) groups excluding carboxylic acids is 1. The molecule has 0 spiro atoms. The van der Waals surface area contributed by atoms with E-state index in [1.165, 1.54) is 0 Å². The van der Waals surface area contributed by atoms with Crippen LogP contribution in [0.3, 0.4) is 0 Å². The summed E-state index contributed by atoms with van der Waals surface area (Å²) >= 11 is 0. The Morgan fingerprint density at radius 1 is 1.44 bits per heavy atom. The number of nitriles is 1. The maximum atomic E-state index is 11.4. The van der Waals surface area contributed by atoms with Crippen LogP contribution in [0.2, 0.25) is 0 Å². The van der Waals surface area contributed by atoms with E-state index in [0.29, 0.717) is 19.0 Å². The number of amides is 1. The van der Waals surface area contributed by atoms with Crippen LogP contribution >= 0.6 is 0 Å². The first-order valence-electron chi connectivity index (χ1n) is 6.41. The average molecular weight is 255 g/mol. The molecule has 0 radical (unpaired) electrons. The van der Waals surface area contributed by atoms with E-state index in [4.69, 9.17) is 10.00 Å². The Morgan fingerprint density at radius 3 is 2.50 bits per heavy atom. The minimum atomic E-state index is -0.492. The molecule has 1 amide bonds. The molecule has 5 heteroatoms. The molecule has 2 atom stereocenters. The highest BCUT2D eigenvalue weighted by Crippen LogP contribution is 2.06. The first-order valence-corrected chi connectivity index (χ1v) is 6.41. The smallest absolute Gasteiger partial charge is 0.407 e. The first-order chi connectivity index (χ1) is 8.28. The second-order valence-electron chi connectivity index (χ2n) is 5.37. The standard InChI is InChI=1S/C13H25N3O2/c1-6-10(2)16-11(9-14)7-8-15-12(17)18-13(3,4)5/h10-11,16H,6-8H2,1-5H3,(H,15,17). The van der Waals surface area contributed by atoms with Crippen molar-refractivity contribution in [1.29, 1.82) is 5.26 Å². The van der Waals surface area contributed by atoms with Gasteiger partial charge in [-0.3, -0.25) is 5.32 Å². The summed E-state index contributed by atoms with van der Waals surface area (Å²) in [6.07, 6.45) is 1.10. The SMILES string of the molecule is CCC(C)NC(C#N)CCNC(=O)OC(C)(C)C. The van der Waals surface area contributed by atoms with Crippen molar-refractivity contribution in [2.24, 2.45) is 0 Å². The third kappa shape index (κ3) is 8.82. The van der Waals surface area contributed by atoms with Gasteiger partial charge in [0, 0.05) is 12.6 Å². The summed E-state index contributed by atoms with van der Waals surface area (Å²) in [5.41, 5.74) is -0.492. The molecule has 0 saturated carbocycles. The molecule has 0 aromatic carbocycles. The molecular formula is C13H25N3O2. The van der Waals surface area contributed by atoms with Crippen molar-refractivity contribution in [2.75, 3.05) is 6.54 Å². The van der Waals surface area contributed by atoms with Gasteiger partial charge >= 0.3 is 6.09 Å². The monoisotopic (exact) mass is 255 g/mol. The lowest BCUT2D eigenvalue weighted by molar-refractivity contribution is 0.0526.